The highest BCUT2D eigenvalue weighted by Crippen LogP contribution is 1.98. The Morgan fingerprint density at radius 1 is 1.42 bits per heavy atom. The number of carbonyl (C=O) groups excluding carboxylic acids is 1. The minimum Gasteiger partial charge on any atom is -0.300 e. The molecule has 0 atom stereocenters. The summed E-state index contributed by atoms with van der Waals surface area (Å²) in [7, 11) is 0. The predicted molar refractivity (Wildman–Crippen MR) is 45.8 cm³/mol. The zero-order chi connectivity index (χ0) is 8.97. The van der Waals surface area contributed by atoms with Gasteiger partial charge in [-0.2, -0.15) is 0 Å². The molecule has 1 rings (SSSR count). The quantitative estimate of drug-likeness (QED) is 0.676. The van der Waals surface area contributed by atoms with Gasteiger partial charge in [-0.1, -0.05) is 0 Å². The molecule has 0 saturated carbocycles. The molecule has 0 aliphatic heterocycles. The van der Waals surface area contributed by atoms with Gasteiger partial charge in [0, 0.05) is 18.8 Å². The van der Waals surface area contributed by atoms with Crippen LogP contribution >= 0.6 is 0 Å². The Hall–Kier alpha value is -1.25. The van der Waals surface area contributed by atoms with Crippen LogP contribution in [0.15, 0.2) is 12.4 Å². The first-order valence-electron chi connectivity index (χ1n) is 3.95. The Morgan fingerprint density at radius 3 is 2.67 bits per heavy atom. The van der Waals surface area contributed by atoms with Crippen LogP contribution in [0, 0.1) is 6.92 Å². The third-order valence-corrected chi connectivity index (χ3v) is 1.57. The highest BCUT2D eigenvalue weighted by Gasteiger charge is 1.97. The molecule has 0 saturated heterocycles. The number of nitrogens with zero attached hydrogens (tertiary/aromatic N) is 2. The third kappa shape index (κ3) is 2.78. The molecular formula is C9H12N2O. The van der Waals surface area contributed by atoms with Crippen LogP contribution in [0.4, 0.5) is 0 Å². The van der Waals surface area contributed by atoms with Crippen molar-refractivity contribution in [2.24, 2.45) is 0 Å². The highest BCUT2D eigenvalue weighted by atomic mass is 16.1. The lowest BCUT2D eigenvalue weighted by atomic mass is 10.2. The minimum atomic E-state index is 0.192. The lowest BCUT2D eigenvalue weighted by Crippen LogP contribution is -1.97. The second kappa shape index (κ2) is 3.95. The average Bonchev–Trinajstić information content (AvgIpc) is 2.03. The van der Waals surface area contributed by atoms with Crippen molar-refractivity contribution < 1.29 is 4.79 Å². The van der Waals surface area contributed by atoms with E-state index in [0.717, 1.165) is 11.4 Å². The topological polar surface area (TPSA) is 42.9 Å². The Bertz CT molecular complexity index is 266. The molecule has 0 fully saturated rings. The van der Waals surface area contributed by atoms with Gasteiger partial charge >= 0.3 is 0 Å². The molecule has 12 heavy (non-hydrogen) atoms. The number of aromatic nitrogens is 2. The SMILES string of the molecule is CC(=O)CCc1cnc(C)cn1. The van der Waals surface area contributed by atoms with Gasteiger partial charge in [0.05, 0.1) is 11.4 Å². The maximum atomic E-state index is 10.6. The third-order valence-electron chi connectivity index (χ3n) is 1.57. The number of rotatable bonds is 3. The van der Waals surface area contributed by atoms with E-state index in [9.17, 15) is 4.79 Å². The summed E-state index contributed by atoms with van der Waals surface area (Å²) in [5, 5.41) is 0. The van der Waals surface area contributed by atoms with Gasteiger partial charge in [0.1, 0.15) is 5.78 Å². The second-order valence-corrected chi connectivity index (χ2v) is 2.85. The van der Waals surface area contributed by atoms with E-state index in [2.05, 4.69) is 9.97 Å². The summed E-state index contributed by atoms with van der Waals surface area (Å²) >= 11 is 0. The van der Waals surface area contributed by atoms with E-state index in [1.54, 1.807) is 19.3 Å². The zero-order valence-corrected chi connectivity index (χ0v) is 7.37. The van der Waals surface area contributed by atoms with Crippen LogP contribution in [0.2, 0.25) is 0 Å². The van der Waals surface area contributed by atoms with Crippen molar-refractivity contribution in [2.75, 3.05) is 0 Å². The lowest BCUT2D eigenvalue weighted by molar-refractivity contribution is -0.116. The Kier molecular flexibility index (Phi) is 2.91. The molecule has 0 aliphatic rings. The number of hydrogen-bond acceptors (Lipinski definition) is 3. The first-order chi connectivity index (χ1) is 5.68. The molecule has 0 bridgehead atoms. The Morgan fingerprint density at radius 2 is 2.17 bits per heavy atom. The Labute approximate surface area is 71.9 Å². The fourth-order valence-electron chi connectivity index (χ4n) is 0.853. The average molecular weight is 164 g/mol. The number of carbonyl (C=O) groups is 1. The molecule has 0 radical (unpaired) electrons. The van der Waals surface area contributed by atoms with Crippen LogP contribution in [0.1, 0.15) is 24.7 Å². The highest BCUT2D eigenvalue weighted by molar-refractivity contribution is 5.75. The van der Waals surface area contributed by atoms with E-state index in [1.807, 2.05) is 6.92 Å². The standard InChI is InChI=1S/C9H12N2O/c1-7-5-11-9(6-10-7)4-3-8(2)12/h5-6H,3-4H2,1-2H3. The molecule has 1 aromatic heterocycles. The molecule has 1 heterocycles. The summed E-state index contributed by atoms with van der Waals surface area (Å²) in [4.78, 5) is 18.9. The number of hydrogen-bond donors (Lipinski definition) is 0. The van der Waals surface area contributed by atoms with Gasteiger partial charge in [0.2, 0.25) is 0 Å². The molecule has 0 amide bonds. The summed E-state index contributed by atoms with van der Waals surface area (Å²) in [5.41, 5.74) is 1.79. The molecule has 3 nitrogen and oxygen atoms in total. The molecule has 3 heteroatoms. The first-order valence-corrected chi connectivity index (χ1v) is 3.95. The van der Waals surface area contributed by atoms with Gasteiger partial charge < -0.3 is 4.79 Å². The molecule has 0 aromatic carbocycles. The molecule has 1 aromatic rings. The fourth-order valence-corrected chi connectivity index (χ4v) is 0.853. The van der Waals surface area contributed by atoms with Crippen LogP contribution in [-0.2, 0) is 11.2 Å². The maximum absolute atomic E-state index is 10.6. The van der Waals surface area contributed by atoms with Crippen molar-refractivity contribution >= 4 is 5.78 Å². The van der Waals surface area contributed by atoms with Crippen LogP contribution < -0.4 is 0 Å². The molecule has 0 N–H and O–H groups in total. The van der Waals surface area contributed by atoms with Gasteiger partial charge in [0.25, 0.3) is 0 Å². The molecule has 0 spiro atoms. The summed E-state index contributed by atoms with van der Waals surface area (Å²) in [6.45, 7) is 3.48. The molecule has 0 aliphatic carbocycles. The number of aryl methyl sites for hydroxylation is 2. The van der Waals surface area contributed by atoms with Crippen molar-refractivity contribution in [2.45, 2.75) is 26.7 Å². The number of Topliss-reactive ketones (excluding diaryl/α,β-unsaturated/α-hetero) is 1. The largest absolute Gasteiger partial charge is 0.300 e. The summed E-state index contributed by atoms with van der Waals surface area (Å²) in [6.07, 6.45) is 4.69. The summed E-state index contributed by atoms with van der Waals surface area (Å²) in [6, 6.07) is 0. The van der Waals surface area contributed by atoms with Crippen LogP contribution in [0.5, 0.6) is 0 Å². The maximum Gasteiger partial charge on any atom is 0.130 e. The van der Waals surface area contributed by atoms with Gasteiger partial charge in [-0.25, -0.2) is 0 Å². The fraction of sp³-hybridized carbons (Fsp3) is 0.444. The Balaban J connectivity index is 2.53. The van der Waals surface area contributed by atoms with Crippen molar-refractivity contribution in [3.63, 3.8) is 0 Å². The van der Waals surface area contributed by atoms with E-state index in [1.165, 1.54) is 0 Å². The van der Waals surface area contributed by atoms with Crippen molar-refractivity contribution in [3.8, 4) is 0 Å². The van der Waals surface area contributed by atoms with E-state index in [0.29, 0.717) is 12.8 Å². The van der Waals surface area contributed by atoms with Gasteiger partial charge in [-0.05, 0) is 20.3 Å². The van der Waals surface area contributed by atoms with E-state index in [-0.39, 0.29) is 5.78 Å². The monoisotopic (exact) mass is 164 g/mol. The summed E-state index contributed by atoms with van der Waals surface area (Å²) < 4.78 is 0. The van der Waals surface area contributed by atoms with Crippen LogP contribution in [0.25, 0.3) is 0 Å². The van der Waals surface area contributed by atoms with E-state index < -0.39 is 0 Å². The smallest absolute Gasteiger partial charge is 0.130 e. The van der Waals surface area contributed by atoms with E-state index in [4.69, 9.17) is 0 Å². The lowest BCUT2D eigenvalue weighted by Gasteiger charge is -1.97. The van der Waals surface area contributed by atoms with Crippen LogP contribution in [-0.4, -0.2) is 15.8 Å². The van der Waals surface area contributed by atoms with Crippen molar-refractivity contribution in [1.29, 1.82) is 0 Å². The normalized spacial score (nSPS) is 9.83. The van der Waals surface area contributed by atoms with Gasteiger partial charge in [-0.3, -0.25) is 9.97 Å². The van der Waals surface area contributed by atoms with Gasteiger partial charge in [0.15, 0.2) is 0 Å². The zero-order valence-electron chi connectivity index (χ0n) is 7.37. The van der Waals surface area contributed by atoms with Crippen molar-refractivity contribution in [3.05, 3.63) is 23.8 Å². The first kappa shape index (κ1) is 8.84. The van der Waals surface area contributed by atoms with Gasteiger partial charge in [-0.15, -0.1) is 0 Å². The second-order valence-electron chi connectivity index (χ2n) is 2.85. The predicted octanol–water partition coefficient (Wildman–Crippen LogP) is 1.31. The minimum absolute atomic E-state index is 0.192. The summed E-state index contributed by atoms with van der Waals surface area (Å²) in [5.74, 6) is 0.192. The van der Waals surface area contributed by atoms with Crippen molar-refractivity contribution in [1.82, 2.24) is 9.97 Å². The molecule has 64 valence electrons. The molecular weight excluding hydrogens is 152 g/mol. The van der Waals surface area contributed by atoms with E-state index >= 15 is 0 Å². The number of ketones is 1. The van der Waals surface area contributed by atoms with Crippen LogP contribution in [0.3, 0.4) is 0 Å². The molecule has 0 unspecified atom stereocenters.